The summed E-state index contributed by atoms with van der Waals surface area (Å²) in [6.45, 7) is 5.12. The van der Waals surface area contributed by atoms with Crippen molar-refractivity contribution in [3.63, 3.8) is 0 Å². The number of benzene rings is 1. The third-order valence-corrected chi connectivity index (χ3v) is 5.90. The molecule has 1 aromatic heterocycles. The molecule has 0 saturated carbocycles. The quantitative estimate of drug-likeness (QED) is 0.852. The van der Waals surface area contributed by atoms with E-state index in [-0.39, 0.29) is 11.7 Å². The molecule has 0 amide bonds. The van der Waals surface area contributed by atoms with Crippen LogP contribution in [0.3, 0.4) is 0 Å². The minimum atomic E-state index is -0.153. The molecule has 1 aromatic carbocycles. The second-order valence-electron chi connectivity index (χ2n) is 8.52. The van der Waals surface area contributed by atoms with E-state index >= 15 is 0 Å². The lowest BCUT2D eigenvalue weighted by atomic mass is 9.97. The van der Waals surface area contributed by atoms with E-state index in [4.69, 9.17) is 4.98 Å². The fourth-order valence-corrected chi connectivity index (χ4v) is 4.75. The Kier molecular flexibility index (Phi) is 5.15. The molecule has 0 radical (unpaired) electrons. The average molecular weight is 367 g/mol. The fourth-order valence-electron chi connectivity index (χ4n) is 4.75. The molecular formula is C22H29N3O2. The summed E-state index contributed by atoms with van der Waals surface area (Å²) >= 11 is 0. The Hall–Kier alpha value is -1.98. The summed E-state index contributed by atoms with van der Waals surface area (Å²) in [5.74, 6) is 1.12. The van der Waals surface area contributed by atoms with Crippen molar-refractivity contribution in [2.45, 2.75) is 70.7 Å². The van der Waals surface area contributed by atoms with Gasteiger partial charge in [-0.25, -0.2) is 4.98 Å². The molecule has 0 aliphatic carbocycles. The fraction of sp³-hybridized carbons (Fsp3) is 0.545. The highest BCUT2D eigenvalue weighted by Gasteiger charge is 2.40. The van der Waals surface area contributed by atoms with E-state index in [0.717, 1.165) is 37.1 Å². The third-order valence-electron chi connectivity index (χ3n) is 5.90. The summed E-state index contributed by atoms with van der Waals surface area (Å²) in [5, 5.41) is 10.1. The van der Waals surface area contributed by atoms with Gasteiger partial charge in [0.2, 0.25) is 0 Å². The number of H-pyrrole nitrogens is 1. The van der Waals surface area contributed by atoms with E-state index in [9.17, 15) is 9.90 Å². The number of aromatic amines is 1. The SMILES string of the molecule is CC(C)Cc1cc(=O)[nH]c(-c2ccccc2CN2[C@@H]3CC[C@H]2CC(O)C3)n1. The Balaban J connectivity index is 1.64. The van der Waals surface area contributed by atoms with Crippen molar-refractivity contribution in [1.82, 2.24) is 14.9 Å². The number of aliphatic hydroxyl groups excluding tert-OH is 1. The smallest absolute Gasteiger partial charge is 0.251 e. The minimum Gasteiger partial charge on any atom is -0.393 e. The summed E-state index contributed by atoms with van der Waals surface area (Å²) in [7, 11) is 0. The van der Waals surface area contributed by atoms with Crippen molar-refractivity contribution >= 4 is 0 Å². The van der Waals surface area contributed by atoms with Crippen molar-refractivity contribution in [3.8, 4) is 11.4 Å². The lowest BCUT2D eigenvalue weighted by Gasteiger charge is -2.37. The molecule has 2 N–H and O–H groups in total. The number of hydrogen-bond donors (Lipinski definition) is 2. The number of rotatable bonds is 5. The molecule has 3 atom stereocenters. The van der Waals surface area contributed by atoms with Gasteiger partial charge in [-0.1, -0.05) is 38.1 Å². The number of hydrogen-bond acceptors (Lipinski definition) is 4. The van der Waals surface area contributed by atoms with Gasteiger partial charge in [-0.3, -0.25) is 9.69 Å². The monoisotopic (exact) mass is 367 g/mol. The number of nitrogens with zero attached hydrogens (tertiary/aromatic N) is 2. The highest BCUT2D eigenvalue weighted by Crippen LogP contribution is 2.37. The van der Waals surface area contributed by atoms with Crippen molar-refractivity contribution in [1.29, 1.82) is 0 Å². The molecular weight excluding hydrogens is 338 g/mol. The van der Waals surface area contributed by atoms with Crippen molar-refractivity contribution in [2.24, 2.45) is 5.92 Å². The van der Waals surface area contributed by atoms with E-state index in [1.807, 2.05) is 12.1 Å². The molecule has 2 aliphatic rings. The molecule has 144 valence electrons. The first-order chi connectivity index (χ1) is 13.0. The van der Waals surface area contributed by atoms with Gasteiger partial charge in [0.1, 0.15) is 5.82 Å². The van der Waals surface area contributed by atoms with Crippen LogP contribution in [0.15, 0.2) is 35.1 Å². The predicted molar refractivity (Wildman–Crippen MR) is 106 cm³/mol. The van der Waals surface area contributed by atoms with Crippen LogP contribution in [0, 0.1) is 5.92 Å². The van der Waals surface area contributed by atoms with E-state index in [2.05, 4.69) is 35.9 Å². The Morgan fingerprint density at radius 1 is 1.22 bits per heavy atom. The van der Waals surface area contributed by atoms with Crippen LogP contribution in [0.2, 0.25) is 0 Å². The number of piperidine rings is 1. The molecule has 27 heavy (non-hydrogen) atoms. The van der Waals surface area contributed by atoms with Crippen molar-refractivity contribution in [2.75, 3.05) is 0 Å². The van der Waals surface area contributed by atoms with Gasteiger partial charge < -0.3 is 10.1 Å². The molecule has 4 rings (SSSR count). The van der Waals surface area contributed by atoms with Crippen LogP contribution in [-0.4, -0.2) is 38.2 Å². The topological polar surface area (TPSA) is 69.2 Å². The largest absolute Gasteiger partial charge is 0.393 e. The van der Waals surface area contributed by atoms with Gasteiger partial charge in [-0.05, 0) is 43.6 Å². The molecule has 2 aliphatic heterocycles. The lowest BCUT2D eigenvalue weighted by Crippen LogP contribution is -2.44. The van der Waals surface area contributed by atoms with E-state index in [0.29, 0.717) is 23.8 Å². The van der Waals surface area contributed by atoms with Gasteiger partial charge in [-0.15, -0.1) is 0 Å². The van der Waals surface area contributed by atoms with Gasteiger partial charge >= 0.3 is 0 Å². The Morgan fingerprint density at radius 2 is 1.93 bits per heavy atom. The Labute approximate surface area is 160 Å². The van der Waals surface area contributed by atoms with Crippen LogP contribution in [0.5, 0.6) is 0 Å². The molecule has 5 heteroatoms. The van der Waals surface area contributed by atoms with Gasteiger partial charge in [0.25, 0.3) is 5.56 Å². The average Bonchev–Trinajstić information content (AvgIpc) is 2.84. The third kappa shape index (κ3) is 3.99. The molecule has 0 spiro atoms. The van der Waals surface area contributed by atoms with Gasteiger partial charge in [0.15, 0.2) is 0 Å². The van der Waals surface area contributed by atoms with Crippen molar-refractivity contribution in [3.05, 3.63) is 51.9 Å². The first kappa shape index (κ1) is 18.4. The van der Waals surface area contributed by atoms with Crippen molar-refractivity contribution < 1.29 is 5.11 Å². The van der Waals surface area contributed by atoms with Crippen LogP contribution in [0.4, 0.5) is 0 Å². The van der Waals surface area contributed by atoms with E-state index in [1.165, 1.54) is 18.4 Å². The highest BCUT2D eigenvalue weighted by atomic mass is 16.3. The van der Waals surface area contributed by atoms with Gasteiger partial charge in [0.05, 0.1) is 6.10 Å². The molecule has 3 heterocycles. The second kappa shape index (κ2) is 7.56. The zero-order valence-corrected chi connectivity index (χ0v) is 16.2. The van der Waals surface area contributed by atoms with E-state index < -0.39 is 0 Å². The van der Waals surface area contributed by atoms with Gasteiger partial charge in [0, 0.05) is 36.0 Å². The summed E-state index contributed by atoms with van der Waals surface area (Å²) in [4.78, 5) is 22.4. The summed E-state index contributed by atoms with van der Waals surface area (Å²) in [6, 6.07) is 10.8. The Bertz CT molecular complexity index is 847. The second-order valence-corrected chi connectivity index (χ2v) is 8.52. The van der Waals surface area contributed by atoms with E-state index in [1.54, 1.807) is 6.07 Å². The van der Waals surface area contributed by atoms with Gasteiger partial charge in [-0.2, -0.15) is 0 Å². The summed E-state index contributed by atoms with van der Waals surface area (Å²) in [6.07, 6.45) is 4.73. The number of fused-ring (bicyclic) bond motifs is 2. The van der Waals surface area contributed by atoms with Crippen LogP contribution in [-0.2, 0) is 13.0 Å². The zero-order valence-electron chi connectivity index (χ0n) is 16.2. The minimum absolute atomic E-state index is 0.0911. The number of nitrogens with one attached hydrogen (secondary N) is 1. The summed E-state index contributed by atoms with van der Waals surface area (Å²) in [5.41, 5.74) is 2.95. The first-order valence-electron chi connectivity index (χ1n) is 10.1. The van der Waals surface area contributed by atoms with Crippen LogP contribution in [0.25, 0.3) is 11.4 Å². The maximum Gasteiger partial charge on any atom is 0.251 e. The highest BCUT2D eigenvalue weighted by molar-refractivity contribution is 5.60. The maximum absolute atomic E-state index is 12.2. The molecule has 2 saturated heterocycles. The standard InChI is InChI=1S/C22H29N3O2/c1-14(2)9-16-10-21(27)24-22(23-16)20-6-4-3-5-15(20)13-25-17-7-8-18(25)12-19(26)11-17/h3-6,10,14,17-19,26H,7-9,11-13H2,1-2H3,(H,23,24,27)/t17-,18+,19?. The molecule has 2 fully saturated rings. The lowest BCUT2D eigenvalue weighted by molar-refractivity contribution is 0.0311. The normalized spacial score (nSPS) is 25.3. The predicted octanol–water partition coefficient (Wildman–Crippen LogP) is 3.12. The van der Waals surface area contributed by atoms with Crippen LogP contribution in [0.1, 0.15) is 50.8 Å². The molecule has 5 nitrogen and oxygen atoms in total. The van der Waals surface area contributed by atoms with Crippen LogP contribution >= 0.6 is 0 Å². The maximum atomic E-state index is 12.2. The molecule has 2 bridgehead atoms. The zero-order chi connectivity index (χ0) is 19.0. The number of aliphatic hydroxyl groups is 1. The number of aromatic nitrogens is 2. The molecule has 1 unspecified atom stereocenters. The Morgan fingerprint density at radius 3 is 2.63 bits per heavy atom. The summed E-state index contributed by atoms with van der Waals surface area (Å²) < 4.78 is 0. The van der Waals surface area contributed by atoms with Crippen LogP contribution < -0.4 is 5.56 Å². The first-order valence-corrected chi connectivity index (χ1v) is 10.1. The molecule has 2 aromatic rings.